The topological polar surface area (TPSA) is 56.8 Å². The van der Waals surface area contributed by atoms with Crippen molar-refractivity contribution in [2.24, 2.45) is 0 Å². The van der Waals surface area contributed by atoms with Gasteiger partial charge in [0.25, 0.3) is 5.91 Å². The minimum absolute atomic E-state index is 0.0687. The molecule has 0 radical (unpaired) electrons. The van der Waals surface area contributed by atoms with Crippen LogP contribution in [0.5, 0.6) is 11.5 Å². The standard InChI is InChI=1S/C18H16Cl2F3NO4/c1-26-6-7-27-15-5-2-11(18(21,22)23)8-14(15)24-17(25)10-28-16-9-12(19)3-4-13(16)20/h2-5,8-9H,6-7,10H2,1H3,(H,24,25). The van der Waals surface area contributed by atoms with E-state index in [0.29, 0.717) is 5.02 Å². The maximum atomic E-state index is 13.0. The molecule has 0 bridgehead atoms. The summed E-state index contributed by atoms with van der Waals surface area (Å²) in [5.41, 5.74) is -1.07. The van der Waals surface area contributed by atoms with E-state index in [9.17, 15) is 18.0 Å². The van der Waals surface area contributed by atoms with Gasteiger partial charge in [-0.05, 0) is 30.3 Å². The Kier molecular flexibility index (Phi) is 7.79. The Hall–Kier alpha value is -2.16. The summed E-state index contributed by atoms with van der Waals surface area (Å²) in [6.45, 7) is -0.169. The summed E-state index contributed by atoms with van der Waals surface area (Å²) in [6.07, 6.45) is -4.57. The van der Waals surface area contributed by atoms with Crippen molar-refractivity contribution < 1.29 is 32.2 Å². The molecule has 0 aliphatic rings. The quantitative estimate of drug-likeness (QED) is 0.586. The summed E-state index contributed by atoms with van der Waals surface area (Å²) < 4.78 is 54.4. The van der Waals surface area contributed by atoms with Crippen molar-refractivity contribution in [1.82, 2.24) is 0 Å². The number of halogens is 5. The largest absolute Gasteiger partial charge is 0.489 e. The molecule has 2 aromatic carbocycles. The van der Waals surface area contributed by atoms with Gasteiger partial charge < -0.3 is 19.5 Å². The molecular weight excluding hydrogens is 422 g/mol. The van der Waals surface area contributed by atoms with Gasteiger partial charge in [0.05, 0.1) is 22.9 Å². The smallest absolute Gasteiger partial charge is 0.416 e. The summed E-state index contributed by atoms with van der Waals surface area (Å²) in [5, 5.41) is 2.94. The molecule has 5 nitrogen and oxygen atoms in total. The Morgan fingerprint density at radius 1 is 1.04 bits per heavy atom. The van der Waals surface area contributed by atoms with Crippen LogP contribution in [-0.4, -0.2) is 32.8 Å². The van der Waals surface area contributed by atoms with Crippen LogP contribution in [0.4, 0.5) is 18.9 Å². The number of amides is 1. The normalized spacial score (nSPS) is 11.2. The van der Waals surface area contributed by atoms with Crippen molar-refractivity contribution >= 4 is 34.8 Å². The summed E-state index contributed by atoms with van der Waals surface area (Å²) in [6, 6.07) is 7.23. The highest BCUT2D eigenvalue weighted by atomic mass is 35.5. The van der Waals surface area contributed by atoms with Gasteiger partial charge >= 0.3 is 6.18 Å². The van der Waals surface area contributed by atoms with Gasteiger partial charge in [0.1, 0.15) is 18.1 Å². The number of anilines is 1. The zero-order valence-electron chi connectivity index (χ0n) is 14.6. The molecule has 0 unspecified atom stereocenters. The molecule has 0 aliphatic carbocycles. The predicted molar refractivity (Wildman–Crippen MR) is 99.4 cm³/mol. The van der Waals surface area contributed by atoms with Gasteiger partial charge in [-0.2, -0.15) is 13.2 Å². The van der Waals surface area contributed by atoms with Gasteiger partial charge in [-0.1, -0.05) is 23.2 Å². The number of methoxy groups -OCH3 is 1. The molecule has 0 spiro atoms. The van der Waals surface area contributed by atoms with Crippen molar-refractivity contribution in [3.63, 3.8) is 0 Å². The molecule has 2 rings (SSSR count). The lowest BCUT2D eigenvalue weighted by molar-refractivity contribution is -0.137. The van der Waals surface area contributed by atoms with E-state index in [1.54, 1.807) is 6.07 Å². The number of carbonyl (C=O) groups excluding carboxylic acids is 1. The van der Waals surface area contributed by atoms with Crippen LogP contribution in [0, 0.1) is 0 Å². The number of hydrogen-bond acceptors (Lipinski definition) is 4. The number of alkyl halides is 3. The lowest BCUT2D eigenvalue weighted by Gasteiger charge is -2.15. The van der Waals surface area contributed by atoms with E-state index in [1.807, 2.05) is 0 Å². The first-order valence-electron chi connectivity index (χ1n) is 7.91. The van der Waals surface area contributed by atoms with Gasteiger partial charge in [0.2, 0.25) is 0 Å². The third kappa shape index (κ3) is 6.47. The maximum Gasteiger partial charge on any atom is 0.416 e. The maximum absolute atomic E-state index is 13.0. The first-order valence-corrected chi connectivity index (χ1v) is 8.67. The summed E-state index contributed by atoms with van der Waals surface area (Å²) in [5.74, 6) is -0.462. The zero-order chi connectivity index (χ0) is 20.7. The van der Waals surface area contributed by atoms with Crippen LogP contribution in [-0.2, 0) is 15.7 Å². The van der Waals surface area contributed by atoms with Gasteiger partial charge in [0, 0.05) is 18.2 Å². The number of carbonyl (C=O) groups is 1. The highest BCUT2D eigenvalue weighted by Crippen LogP contribution is 2.35. The lowest BCUT2D eigenvalue weighted by atomic mass is 10.1. The van der Waals surface area contributed by atoms with Crippen LogP contribution in [0.25, 0.3) is 0 Å². The average Bonchev–Trinajstić information content (AvgIpc) is 2.63. The molecule has 28 heavy (non-hydrogen) atoms. The molecule has 0 saturated heterocycles. The van der Waals surface area contributed by atoms with Crippen LogP contribution in [0.15, 0.2) is 36.4 Å². The summed E-state index contributed by atoms with van der Waals surface area (Å²) in [4.78, 5) is 12.2. The Labute approximate surface area is 169 Å². The lowest BCUT2D eigenvalue weighted by Crippen LogP contribution is -2.21. The highest BCUT2D eigenvalue weighted by molar-refractivity contribution is 6.34. The van der Waals surface area contributed by atoms with Crippen LogP contribution in [0.2, 0.25) is 10.0 Å². The molecule has 0 aromatic heterocycles. The average molecular weight is 438 g/mol. The van der Waals surface area contributed by atoms with Crippen molar-refractivity contribution in [3.05, 3.63) is 52.0 Å². The fourth-order valence-corrected chi connectivity index (χ4v) is 2.42. The molecule has 0 atom stereocenters. The molecule has 2 aromatic rings. The van der Waals surface area contributed by atoms with Gasteiger partial charge in [-0.25, -0.2) is 0 Å². The number of ether oxygens (including phenoxy) is 3. The van der Waals surface area contributed by atoms with Crippen molar-refractivity contribution in [2.75, 3.05) is 32.2 Å². The van der Waals surface area contributed by atoms with E-state index >= 15 is 0 Å². The van der Waals surface area contributed by atoms with Gasteiger partial charge in [-0.15, -0.1) is 0 Å². The number of hydrogen-bond donors (Lipinski definition) is 1. The third-order valence-electron chi connectivity index (χ3n) is 3.38. The fraction of sp³-hybridized carbons (Fsp3) is 0.278. The third-order valence-corrected chi connectivity index (χ3v) is 3.93. The molecule has 0 aliphatic heterocycles. The van der Waals surface area contributed by atoms with E-state index in [2.05, 4.69) is 5.32 Å². The molecule has 0 fully saturated rings. The second-order valence-electron chi connectivity index (χ2n) is 5.46. The van der Waals surface area contributed by atoms with Gasteiger partial charge in [-0.3, -0.25) is 4.79 Å². The second kappa shape index (κ2) is 9.86. The Morgan fingerprint density at radius 3 is 2.46 bits per heavy atom. The monoisotopic (exact) mass is 437 g/mol. The Morgan fingerprint density at radius 2 is 1.79 bits per heavy atom. The predicted octanol–water partition coefficient (Wildman–Crippen LogP) is 5.05. The van der Waals surface area contributed by atoms with E-state index in [0.717, 1.165) is 18.2 Å². The second-order valence-corrected chi connectivity index (χ2v) is 6.31. The van der Waals surface area contributed by atoms with Gasteiger partial charge in [0.15, 0.2) is 6.61 Å². The molecule has 1 N–H and O–H groups in total. The van der Waals surface area contributed by atoms with E-state index in [-0.39, 0.29) is 35.4 Å². The highest BCUT2D eigenvalue weighted by Gasteiger charge is 2.31. The van der Waals surface area contributed by atoms with E-state index in [4.69, 9.17) is 37.4 Å². The van der Waals surface area contributed by atoms with Crippen LogP contribution >= 0.6 is 23.2 Å². The van der Waals surface area contributed by atoms with Crippen LogP contribution in [0.1, 0.15) is 5.56 Å². The fourth-order valence-electron chi connectivity index (χ4n) is 2.08. The zero-order valence-corrected chi connectivity index (χ0v) is 16.1. The SMILES string of the molecule is COCCOc1ccc(C(F)(F)F)cc1NC(=O)COc1cc(Cl)ccc1Cl. The molecule has 10 heteroatoms. The van der Waals surface area contributed by atoms with Crippen molar-refractivity contribution in [3.8, 4) is 11.5 Å². The van der Waals surface area contributed by atoms with Crippen molar-refractivity contribution in [1.29, 1.82) is 0 Å². The minimum Gasteiger partial charge on any atom is -0.489 e. The Balaban J connectivity index is 2.12. The van der Waals surface area contributed by atoms with E-state index in [1.165, 1.54) is 19.2 Å². The summed E-state index contributed by atoms with van der Waals surface area (Å²) in [7, 11) is 1.46. The molecule has 1 amide bonds. The Bertz CT molecular complexity index is 831. The molecule has 152 valence electrons. The van der Waals surface area contributed by atoms with Crippen LogP contribution in [0.3, 0.4) is 0 Å². The molecular formula is C18H16Cl2F3NO4. The minimum atomic E-state index is -4.57. The number of nitrogens with one attached hydrogen (secondary N) is 1. The number of rotatable bonds is 8. The first-order chi connectivity index (χ1) is 13.2. The van der Waals surface area contributed by atoms with Crippen LogP contribution < -0.4 is 14.8 Å². The van der Waals surface area contributed by atoms with E-state index < -0.39 is 24.3 Å². The molecule has 0 saturated carbocycles. The first kappa shape index (κ1) is 22.1. The number of benzene rings is 2. The summed E-state index contributed by atoms with van der Waals surface area (Å²) >= 11 is 11.8. The molecule has 0 heterocycles. The van der Waals surface area contributed by atoms with Crippen molar-refractivity contribution in [2.45, 2.75) is 6.18 Å².